The Balaban J connectivity index is 1.68. The van der Waals surface area contributed by atoms with Crippen LogP contribution in [0.5, 0.6) is 0 Å². The zero-order valence-corrected chi connectivity index (χ0v) is 14.9. The van der Waals surface area contributed by atoms with E-state index in [-0.39, 0.29) is 24.7 Å². The number of nitrogens with one attached hydrogen (secondary N) is 2. The minimum atomic E-state index is -0.214. The smallest absolute Gasteiger partial charge is 0.240 e. The van der Waals surface area contributed by atoms with Crippen molar-refractivity contribution in [2.45, 2.75) is 78.1 Å². The molecule has 0 aromatic rings. The summed E-state index contributed by atoms with van der Waals surface area (Å²) in [6.45, 7) is 4.28. The van der Waals surface area contributed by atoms with E-state index in [9.17, 15) is 9.59 Å². The molecule has 2 fully saturated rings. The molecule has 6 nitrogen and oxygen atoms in total. The first kappa shape index (κ1) is 18.6. The van der Waals surface area contributed by atoms with Crippen molar-refractivity contribution in [3.63, 3.8) is 0 Å². The SMILES string of the molecule is C[C@@H]1CCCC/C1=N\NC(=O)CCC(=O)N/N=C1\CCCC[C@H]1C. The van der Waals surface area contributed by atoms with Crippen LogP contribution in [-0.4, -0.2) is 23.2 Å². The lowest BCUT2D eigenvalue weighted by Crippen LogP contribution is -2.27. The van der Waals surface area contributed by atoms with Gasteiger partial charge in [-0.25, -0.2) is 10.9 Å². The van der Waals surface area contributed by atoms with Crippen LogP contribution >= 0.6 is 0 Å². The molecule has 24 heavy (non-hydrogen) atoms. The molecular formula is C18H30N4O2. The fraction of sp³-hybridized carbons (Fsp3) is 0.778. The van der Waals surface area contributed by atoms with E-state index in [1.54, 1.807) is 0 Å². The predicted octanol–water partition coefficient (Wildman–Crippen LogP) is 3.13. The molecule has 0 heterocycles. The Bertz CT molecular complexity index is 467. The average Bonchev–Trinajstić information content (AvgIpc) is 2.58. The number of carbonyl (C=O) groups is 2. The number of hydrogen-bond acceptors (Lipinski definition) is 4. The number of hydrazone groups is 2. The summed E-state index contributed by atoms with van der Waals surface area (Å²) in [4.78, 5) is 23.6. The Morgan fingerprint density at radius 2 is 1.25 bits per heavy atom. The van der Waals surface area contributed by atoms with Crippen LogP contribution in [-0.2, 0) is 9.59 Å². The summed E-state index contributed by atoms with van der Waals surface area (Å²) in [6, 6.07) is 0. The molecule has 134 valence electrons. The minimum absolute atomic E-state index is 0.136. The fourth-order valence-electron chi connectivity index (χ4n) is 3.28. The molecule has 2 amide bonds. The Labute approximate surface area is 144 Å². The summed E-state index contributed by atoms with van der Waals surface area (Å²) in [5, 5.41) is 8.46. The Kier molecular flexibility index (Phi) is 7.40. The van der Waals surface area contributed by atoms with Crippen molar-refractivity contribution in [1.82, 2.24) is 10.9 Å². The van der Waals surface area contributed by atoms with Crippen LogP contribution < -0.4 is 10.9 Å². The third-order valence-electron chi connectivity index (χ3n) is 5.01. The molecule has 0 bridgehead atoms. The van der Waals surface area contributed by atoms with Gasteiger partial charge in [-0.1, -0.05) is 26.7 Å². The minimum Gasteiger partial charge on any atom is -0.273 e. The number of amides is 2. The Morgan fingerprint density at radius 3 is 1.62 bits per heavy atom. The van der Waals surface area contributed by atoms with Crippen LogP contribution in [0.2, 0.25) is 0 Å². The highest BCUT2D eigenvalue weighted by Crippen LogP contribution is 2.21. The molecule has 0 spiro atoms. The maximum atomic E-state index is 11.8. The van der Waals surface area contributed by atoms with Crippen molar-refractivity contribution in [1.29, 1.82) is 0 Å². The van der Waals surface area contributed by atoms with Gasteiger partial charge in [0.15, 0.2) is 0 Å². The Morgan fingerprint density at radius 1 is 0.833 bits per heavy atom. The molecule has 0 radical (unpaired) electrons. The lowest BCUT2D eigenvalue weighted by atomic mass is 9.89. The van der Waals surface area contributed by atoms with Crippen molar-refractivity contribution in [2.24, 2.45) is 22.0 Å². The second-order valence-corrected chi connectivity index (χ2v) is 7.07. The molecule has 2 saturated carbocycles. The van der Waals surface area contributed by atoms with Crippen molar-refractivity contribution in [3.8, 4) is 0 Å². The molecule has 2 rings (SSSR count). The number of rotatable bonds is 5. The molecule has 0 aromatic heterocycles. The molecule has 0 unspecified atom stereocenters. The van der Waals surface area contributed by atoms with Gasteiger partial charge in [0.05, 0.1) is 0 Å². The molecule has 0 aliphatic heterocycles. The average molecular weight is 334 g/mol. The summed E-state index contributed by atoms with van der Waals surface area (Å²) in [5.41, 5.74) is 7.30. The zero-order valence-electron chi connectivity index (χ0n) is 14.9. The van der Waals surface area contributed by atoms with Gasteiger partial charge in [0.25, 0.3) is 0 Å². The quantitative estimate of drug-likeness (QED) is 0.757. The van der Waals surface area contributed by atoms with E-state index in [4.69, 9.17) is 0 Å². The van der Waals surface area contributed by atoms with E-state index in [2.05, 4.69) is 34.9 Å². The third-order valence-corrected chi connectivity index (χ3v) is 5.01. The topological polar surface area (TPSA) is 82.9 Å². The molecule has 2 aliphatic rings. The third kappa shape index (κ3) is 6.06. The first-order valence-electron chi connectivity index (χ1n) is 9.27. The first-order valence-corrected chi connectivity index (χ1v) is 9.27. The van der Waals surface area contributed by atoms with Crippen molar-refractivity contribution in [2.75, 3.05) is 0 Å². The summed E-state index contributed by atoms with van der Waals surface area (Å²) in [5.74, 6) is 0.453. The van der Waals surface area contributed by atoms with E-state index >= 15 is 0 Å². The second kappa shape index (κ2) is 9.55. The van der Waals surface area contributed by atoms with Crippen LogP contribution in [0.1, 0.15) is 78.1 Å². The molecular weight excluding hydrogens is 304 g/mol. The molecule has 2 atom stereocenters. The van der Waals surface area contributed by atoms with Crippen molar-refractivity contribution in [3.05, 3.63) is 0 Å². The van der Waals surface area contributed by atoms with Crippen LogP contribution in [0, 0.1) is 11.8 Å². The number of carbonyl (C=O) groups excluding carboxylic acids is 2. The van der Waals surface area contributed by atoms with Gasteiger partial charge in [0, 0.05) is 24.3 Å². The highest BCUT2D eigenvalue weighted by atomic mass is 16.2. The van der Waals surface area contributed by atoms with Crippen molar-refractivity contribution < 1.29 is 9.59 Å². The van der Waals surface area contributed by atoms with Gasteiger partial charge in [-0.3, -0.25) is 9.59 Å². The molecule has 6 heteroatoms. The van der Waals surface area contributed by atoms with Crippen LogP contribution in [0.3, 0.4) is 0 Å². The Hall–Kier alpha value is -1.72. The highest BCUT2D eigenvalue weighted by Gasteiger charge is 2.17. The lowest BCUT2D eigenvalue weighted by Gasteiger charge is -2.20. The van der Waals surface area contributed by atoms with Gasteiger partial charge in [0.2, 0.25) is 11.8 Å². The number of nitrogens with zero attached hydrogens (tertiary/aromatic N) is 2. The van der Waals surface area contributed by atoms with Crippen LogP contribution in [0.4, 0.5) is 0 Å². The summed E-state index contributed by atoms with van der Waals surface area (Å²) in [6.07, 6.45) is 9.20. The summed E-state index contributed by atoms with van der Waals surface area (Å²) < 4.78 is 0. The highest BCUT2D eigenvalue weighted by molar-refractivity contribution is 5.90. The largest absolute Gasteiger partial charge is 0.273 e. The van der Waals surface area contributed by atoms with Gasteiger partial charge in [-0.2, -0.15) is 10.2 Å². The van der Waals surface area contributed by atoms with Crippen LogP contribution in [0.25, 0.3) is 0 Å². The lowest BCUT2D eigenvalue weighted by molar-refractivity contribution is -0.126. The van der Waals surface area contributed by atoms with Crippen molar-refractivity contribution >= 4 is 23.2 Å². The normalized spacial score (nSPS) is 27.9. The van der Waals surface area contributed by atoms with E-state index in [1.165, 1.54) is 12.8 Å². The standard InChI is InChI=1S/C18H30N4O2/c1-13-7-3-5-9-15(13)19-21-17(23)11-12-18(24)22-20-16-10-6-4-8-14(16)2/h13-14H,3-12H2,1-2H3,(H,21,23)(H,22,24)/b19-15+,20-16+/t13-,14-/m1/s1. The van der Waals surface area contributed by atoms with Crippen LogP contribution in [0.15, 0.2) is 10.2 Å². The first-order chi connectivity index (χ1) is 11.6. The van der Waals surface area contributed by atoms with Gasteiger partial charge in [-0.05, 0) is 50.4 Å². The van der Waals surface area contributed by atoms with Gasteiger partial charge in [0.1, 0.15) is 0 Å². The second-order valence-electron chi connectivity index (χ2n) is 7.07. The molecule has 0 saturated heterocycles. The molecule has 0 aromatic carbocycles. The van der Waals surface area contributed by atoms with Gasteiger partial charge >= 0.3 is 0 Å². The maximum absolute atomic E-state index is 11.8. The van der Waals surface area contributed by atoms with Gasteiger partial charge < -0.3 is 0 Å². The van der Waals surface area contributed by atoms with E-state index in [1.807, 2.05) is 0 Å². The van der Waals surface area contributed by atoms with Gasteiger partial charge in [-0.15, -0.1) is 0 Å². The number of hydrogen-bond donors (Lipinski definition) is 2. The zero-order chi connectivity index (χ0) is 17.4. The monoisotopic (exact) mass is 334 g/mol. The fourth-order valence-corrected chi connectivity index (χ4v) is 3.28. The molecule has 2 aliphatic carbocycles. The van der Waals surface area contributed by atoms with E-state index in [0.29, 0.717) is 11.8 Å². The maximum Gasteiger partial charge on any atom is 0.240 e. The summed E-state index contributed by atoms with van der Waals surface area (Å²) in [7, 11) is 0. The summed E-state index contributed by atoms with van der Waals surface area (Å²) >= 11 is 0. The predicted molar refractivity (Wildman–Crippen MR) is 95.7 cm³/mol. The molecule has 2 N–H and O–H groups in total. The van der Waals surface area contributed by atoms with E-state index < -0.39 is 0 Å². The van der Waals surface area contributed by atoms with E-state index in [0.717, 1.165) is 49.9 Å².